The van der Waals surface area contributed by atoms with Gasteiger partial charge in [0.25, 0.3) is 0 Å². The average Bonchev–Trinajstić information content (AvgIpc) is 2.57. The third kappa shape index (κ3) is 9.44. The van der Waals surface area contributed by atoms with E-state index in [0.717, 1.165) is 32.4 Å². The van der Waals surface area contributed by atoms with Crippen molar-refractivity contribution in [3.8, 4) is 5.75 Å². The zero-order valence-corrected chi connectivity index (χ0v) is 19.5. The standard InChI is InChI=1S/C17H29BrO4SSi/c1-4-17(24)23-22-9-8-21-16-10-14(6-7-15(16)18)12-19-11-13(3)20-5-2/h6-7,10,13,17H,4-5,8-9,11-12H2,1-3,24H3. The minimum absolute atomic E-state index is 0.115. The van der Waals surface area contributed by atoms with Gasteiger partial charge in [-0.15, -0.1) is 0 Å². The van der Waals surface area contributed by atoms with Gasteiger partial charge in [-0.1, -0.05) is 13.0 Å². The Bertz CT molecular complexity index is 464. The second-order valence-electron chi connectivity index (χ2n) is 5.53. The third-order valence-corrected chi connectivity index (χ3v) is 6.31. The van der Waals surface area contributed by atoms with Crippen molar-refractivity contribution in [3.63, 3.8) is 0 Å². The number of halogens is 1. The summed E-state index contributed by atoms with van der Waals surface area (Å²) < 4.78 is 23.5. The molecule has 7 heteroatoms. The van der Waals surface area contributed by atoms with Gasteiger partial charge in [-0.2, -0.15) is 0 Å². The van der Waals surface area contributed by atoms with Crippen LogP contribution in [0.1, 0.15) is 32.8 Å². The second-order valence-corrected chi connectivity index (χ2v) is 9.85. The largest absolute Gasteiger partial charge is 0.490 e. The van der Waals surface area contributed by atoms with Crippen molar-refractivity contribution in [2.45, 2.75) is 44.8 Å². The van der Waals surface area contributed by atoms with Gasteiger partial charge in [0.05, 0.1) is 30.4 Å². The molecule has 0 bridgehead atoms. The Hall–Kier alpha value is -0.0531. The molecule has 2 atom stereocenters. The number of hydrogen-bond acceptors (Lipinski definition) is 5. The molecule has 4 nitrogen and oxygen atoms in total. The van der Waals surface area contributed by atoms with Crippen LogP contribution in [0, 0.1) is 0 Å². The smallest absolute Gasteiger partial charge is 0.133 e. The van der Waals surface area contributed by atoms with Gasteiger partial charge in [0.15, 0.2) is 0 Å². The molecule has 0 saturated carbocycles. The van der Waals surface area contributed by atoms with Crippen LogP contribution in [0.3, 0.4) is 0 Å². The summed E-state index contributed by atoms with van der Waals surface area (Å²) in [7, 11) is 1.15. The Labute approximate surface area is 161 Å². The summed E-state index contributed by atoms with van der Waals surface area (Å²) in [5, 5.41) is 0. The molecule has 0 saturated heterocycles. The van der Waals surface area contributed by atoms with E-state index in [2.05, 4.69) is 22.9 Å². The molecule has 1 aromatic rings. The fraction of sp³-hybridized carbons (Fsp3) is 0.647. The predicted molar refractivity (Wildman–Crippen MR) is 108 cm³/mol. The van der Waals surface area contributed by atoms with Gasteiger partial charge in [0.2, 0.25) is 0 Å². The number of ether oxygens (including phenoxy) is 3. The van der Waals surface area contributed by atoms with Crippen LogP contribution in [-0.4, -0.2) is 47.6 Å². The highest BCUT2D eigenvalue weighted by Gasteiger charge is 2.06. The molecule has 0 aliphatic heterocycles. The topological polar surface area (TPSA) is 36.9 Å². The van der Waals surface area contributed by atoms with E-state index in [1.54, 1.807) is 12.0 Å². The first-order valence-electron chi connectivity index (χ1n) is 8.45. The van der Waals surface area contributed by atoms with E-state index in [4.69, 9.17) is 18.4 Å². The molecule has 2 unspecified atom stereocenters. The van der Waals surface area contributed by atoms with E-state index < -0.39 is 0 Å². The summed E-state index contributed by atoms with van der Waals surface area (Å²) in [6.07, 6.45) is 1.28. The summed E-state index contributed by atoms with van der Waals surface area (Å²) >= 11 is 5.09. The van der Waals surface area contributed by atoms with Gasteiger partial charge in [0, 0.05) is 21.7 Å². The Morgan fingerprint density at radius 1 is 1.25 bits per heavy atom. The van der Waals surface area contributed by atoms with E-state index in [1.165, 1.54) is 0 Å². The number of hydrogen-bond donors (Lipinski definition) is 0. The lowest BCUT2D eigenvalue weighted by atomic mass is 10.2. The van der Waals surface area contributed by atoms with Crippen molar-refractivity contribution >= 4 is 38.2 Å². The summed E-state index contributed by atoms with van der Waals surface area (Å²) in [6.45, 7) is 9.15. The zero-order chi connectivity index (χ0) is 17.8. The van der Waals surface area contributed by atoms with Crippen LogP contribution >= 0.6 is 28.0 Å². The lowest BCUT2D eigenvalue weighted by Crippen LogP contribution is -2.15. The molecule has 1 rings (SSSR count). The van der Waals surface area contributed by atoms with E-state index in [1.807, 2.05) is 32.0 Å². The van der Waals surface area contributed by atoms with Crippen molar-refractivity contribution in [3.05, 3.63) is 28.2 Å². The van der Waals surface area contributed by atoms with Gasteiger partial charge >= 0.3 is 0 Å². The molecule has 0 amide bonds. The SMILES string of the molecule is CCOC(C)COCc1ccc(Br)c(OCCOSC([SiH3])CC)c1. The van der Waals surface area contributed by atoms with Crippen molar-refractivity contribution in [2.24, 2.45) is 0 Å². The fourth-order valence-corrected chi connectivity index (χ4v) is 3.14. The number of benzene rings is 1. The maximum atomic E-state index is 5.80. The zero-order valence-electron chi connectivity index (χ0n) is 15.0. The molecular formula is C17H29BrO4SSi. The molecule has 0 aliphatic carbocycles. The van der Waals surface area contributed by atoms with E-state index in [0.29, 0.717) is 37.9 Å². The molecule has 0 spiro atoms. The van der Waals surface area contributed by atoms with Crippen LogP contribution in [0.5, 0.6) is 5.75 Å². The summed E-state index contributed by atoms with van der Waals surface area (Å²) in [5.41, 5.74) is 1.08. The molecule has 0 aliphatic rings. The maximum absolute atomic E-state index is 5.80. The van der Waals surface area contributed by atoms with Crippen LogP contribution in [0.25, 0.3) is 0 Å². The Morgan fingerprint density at radius 2 is 2.04 bits per heavy atom. The average molecular weight is 437 g/mol. The number of rotatable bonds is 13. The highest BCUT2D eigenvalue weighted by Crippen LogP contribution is 2.26. The highest BCUT2D eigenvalue weighted by atomic mass is 79.9. The van der Waals surface area contributed by atoms with Gasteiger partial charge in [-0.25, -0.2) is 0 Å². The summed E-state index contributed by atoms with van der Waals surface area (Å²) in [5.74, 6) is 0.820. The van der Waals surface area contributed by atoms with Gasteiger partial charge in [-0.05, 0) is 65.9 Å². The van der Waals surface area contributed by atoms with Crippen LogP contribution in [0.15, 0.2) is 22.7 Å². The molecular weight excluding hydrogens is 408 g/mol. The monoisotopic (exact) mass is 436 g/mol. The van der Waals surface area contributed by atoms with E-state index in [9.17, 15) is 0 Å². The van der Waals surface area contributed by atoms with Crippen LogP contribution in [0.4, 0.5) is 0 Å². The minimum atomic E-state index is 0.115. The van der Waals surface area contributed by atoms with Crippen LogP contribution in [-0.2, 0) is 20.3 Å². The van der Waals surface area contributed by atoms with Gasteiger partial charge in [0.1, 0.15) is 12.4 Å². The first-order chi connectivity index (χ1) is 11.6. The first kappa shape index (κ1) is 22.0. The Kier molecular flexibility index (Phi) is 12.1. The van der Waals surface area contributed by atoms with Crippen molar-refractivity contribution in [1.29, 1.82) is 0 Å². The van der Waals surface area contributed by atoms with Gasteiger partial charge in [-0.3, -0.25) is 0 Å². The molecule has 0 heterocycles. The first-order valence-corrected chi connectivity index (χ1v) is 11.2. The van der Waals surface area contributed by atoms with Crippen molar-refractivity contribution in [2.75, 3.05) is 26.4 Å². The lowest BCUT2D eigenvalue weighted by molar-refractivity contribution is -0.00716. The van der Waals surface area contributed by atoms with Crippen molar-refractivity contribution in [1.82, 2.24) is 0 Å². The fourth-order valence-electron chi connectivity index (χ4n) is 1.84. The maximum Gasteiger partial charge on any atom is 0.133 e. The minimum Gasteiger partial charge on any atom is -0.490 e. The molecule has 0 aromatic heterocycles. The predicted octanol–water partition coefficient (Wildman–Crippen LogP) is 3.54. The molecule has 0 N–H and O–H groups in total. The normalized spacial score (nSPS) is 13.8. The van der Waals surface area contributed by atoms with Crippen molar-refractivity contribution < 1.29 is 18.4 Å². The molecule has 0 radical (unpaired) electrons. The Balaban J connectivity index is 2.34. The van der Waals surface area contributed by atoms with Crippen LogP contribution < -0.4 is 4.74 Å². The quantitative estimate of drug-likeness (QED) is 0.268. The molecule has 1 aromatic carbocycles. The third-order valence-electron chi connectivity index (χ3n) is 3.30. The molecule has 0 fully saturated rings. The lowest BCUT2D eigenvalue weighted by Gasteiger charge is -2.13. The highest BCUT2D eigenvalue weighted by molar-refractivity contribution is 9.10. The van der Waals surface area contributed by atoms with E-state index >= 15 is 0 Å². The molecule has 24 heavy (non-hydrogen) atoms. The molecule has 138 valence electrons. The summed E-state index contributed by atoms with van der Waals surface area (Å²) in [6, 6.07) is 6.02. The van der Waals surface area contributed by atoms with E-state index in [-0.39, 0.29) is 6.10 Å². The summed E-state index contributed by atoms with van der Waals surface area (Å²) in [4.78, 5) is 0.649. The van der Waals surface area contributed by atoms with Crippen LogP contribution in [0.2, 0.25) is 0 Å². The second kappa shape index (κ2) is 13.2. The van der Waals surface area contributed by atoms with Gasteiger partial charge < -0.3 is 18.4 Å². The Morgan fingerprint density at radius 3 is 2.75 bits per heavy atom.